The van der Waals surface area contributed by atoms with Crippen molar-refractivity contribution in [2.75, 3.05) is 12.8 Å². The largest absolute Gasteiger partial charge is 0.496 e. The fourth-order valence-electron chi connectivity index (χ4n) is 2.05. The molecular weight excluding hydrogens is 240 g/mol. The zero-order chi connectivity index (χ0) is 13.4. The normalized spacial score (nSPS) is 10.8. The fourth-order valence-corrected chi connectivity index (χ4v) is 2.05. The van der Waals surface area contributed by atoms with Gasteiger partial charge in [-0.15, -0.1) is 0 Å². The Morgan fingerprint density at radius 2 is 2.00 bits per heavy atom. The maximum atomic E-state index is 5.81. The molecule has 0 saturated heterocycles. The second-order valence-corrected chi connectivity index (χ2v) is 4.45. The molecule has 2 N–H and O–H groups in total. The molecule has 1 aromatic heterocycles. The number of aromatic nitrogens is 1. The van der Waals surface area contributed by atoms with E-state index < -0.39 is 0 Å². The monoisotopic (exact) mass is 254 g/mol. The summed E-state index contributed by atoms with van der Waals surface area (Å²) in [6, 6.07) is 11.3. The number of hydrogen-bond acceptors (Lipinski definition) is 4. The Hall–Kier alpha value is -2.49. The molecule has 0 amide bonds. The maximum absolute atomic E-state index is 5.81. The van der Waals surface area contributed by atoms with Crippen LogP contribution < -0.4 is 10.5 Å². The van der Waals surface area contributed by atoms with Gasteiger partial charge in [0.2, 0.25) is 5.89 Å². The highest BCUT2D eigenvalue weighted by atomic mass is 16.5. The first-order valence-electron chi connectivity index (χ1n) is 5.98. The quantitative estimate of drug-likeness (QED) is 0.712. The summed E-state index contributed by atoms with van der Waals surface area (Å²) in [5.74, 6) is 1.21. The molecule has 19 heavy (non-hydrogen) atoms. The summed E-state index contributed by atoms with van der Waals surface area (Å²) in [7, 11) is 1.61. The van der Waals surface area contributed by atoms with Crippen LogP contribution in [0, 0.1) is 6.92 Å². The third-order valence-corrected chi connectivity index (χ3v) is 3.00. The standard InChI is InChI=1S/C15H14N2O2/c1-9-3-5-14-12(7-9)17-15(19-14)11-8-10(16)4-6-13(11)18-2/h3-8H,16H2,1-2H3. The topological polar surface area (TPSA) is 61.3 Å². The van der Waals surface area contributed by atoms with Crippen LogP contribution in [0.4, 0.5) is 5.69 Å². The van der Waals surface area contributed by atoms with Crippen LogP contribution in [0.1, 0.15) is 5.56 Å². The highest BCUT2D eigenvalue weighted by Gasteiger charge is 2.13. The Morgan fingerprint density at radius 3 is 2.79 bits per heavy atom. The van der Waals surface area contributed by atoms with Crippen molar-refractivity contribution >= 4 is 16.8 Å². The van der Waals surface area contributed by atoms with Gasteiger partial charge in [-0.1, -0.05) is 6.07 Å². The molecule has 1 heterocycles. The Labute approximate surface area is 110 Å². The van der Waals surface area contributed by atoms with Crippen molar-refractivity contribution in [3.63, 3.8) is 0 Å². The Balaban J connectivity index is 2.21. The van der Waals surface area contributed by atoms with Crippen molar-refractivity contribution in [1.29, 1.82) is 0 Å². The number of rotatable bonds is 2. The fraction of sp³-hybridized carbons (Fsp3) is 0.133. The Kier molecular flexibility index (Phi) is 2.63. The summed E-state index contributed by atoms with van der Waals surface area (Å²) < 4.78 is 11.1. The van der Waals surface area contributed by atoms with Crippen LogP contribution in [-0.2, 0) is 0 Å². The molecule has 96 valence electrons. The molecule has 0 aliphatic carbocycles. The number of fused-ring (bicyclic) bond motifs is 1. The zero-order valence-corrected chi connectivity index (χ0v) is 10.8. The number of aryl methyl sites for hydroxylation is 1. The van der Waals surface area contributed by atoms with Crippen LogP contribution in [0.3, 0.4) is 0 Å². The van der Waals surface area contributed by atoms with E-state index in [9.17, 15) is 0 Å². The van der Waals surface area contributed by atoms with Crippen molar-refractivity contribution in [2.24, 2.45) is 0 Å². The highest BCUT2D eigenvalue weighted by Crippen LogP contribution is 2.33. The van der Waals surface area contributed by atoms with Crippen molar-refractivity contribution in [3.8, 4) is 17.2 Å². The lowest BCUT2D eigenvalue weighted by Crippen LogP contribution is -1.91. The van der Waals surface area contributed by atoms with Crippen molar-refractivity contribution < 1.29 is 9.15 Å². The molecule has 3 rings (SSSR count). The number of nitrogens with two attached hydrogens (primary N) is 1. The van der Waals surface area contributed by atoms with Gasteiger partial charge in [-0.3, -0.25) is 0 Å². The minimum absolute atomic E-state index is 0.518. The smallest absolute Gasteiger partial charge is 0.231 e. The van der Waals surface area contributed by atoms with Crippen LogP contribution in [0.25, 0.3) is 22.6 Å². The number of hydrogen-bond donors (Lipinski definition) is 1. The van der Waals surface area contributed by atoms with E-state index in [0.717, 1.165) is 22.2 Å². The van der Waals surface area contributed by atoms with Gasteiger partial charge in [0.25, 0.3) is 0 Å². The molecule has 4 nitrogen and oxygen atoms in total. The molecule has 0 atom stereocenters. The Morgan fingerprint density at radius 1 is 1.16 bits per heavy atom. The molecule has 0 aliphatic rings. The summed E-state index contributed by atoms with van der Waals surface area (Å²) in [5.41, 5.74) is 9.95. The summed E-state index contributed by atoms with van der Waals surface area (Å²) >= 11 is 0. The van der Waals surface area contributed by atoms with Gasteiger partial charge in [-0.05, 0) is 42.8 Å². The molecule has 0 fully saturated rings. The first-order valence-corrected chi connectivity index (χ1v) is 5.98. The molecule has 0 spiro atoms. The summed E-state index contributed by atoms with van der Waals surface area (Å²) in [6.45, 7) is 2.02. The number of oxazole rings is 1. The average Bonchev–Trinajstić information content (AvgIpc) is 2.81. The van der Waals surface area contributed by atoms with E-state index in [1.807, 2.05) is 31.2 Å². The molecule has 4 heteroatoms. The molecule has 0 unspecified atom stereocenters. The van der Waals surface area contributed by atoms with Gasteiger partial charge in [0, 0.05) is 5.69 Å². The molecule has 0 saturated carbocycles. The number of ether oxygens (including phenoxy) is 1. The zero-order valence-electron chi connectivity index (χ0n) is 10.8. The highest BCUT2D eigenvalue weighted by molar-refractivity contribution is 5.79. The van der Waals surface area contributed by atoms with Crippen LogP contribution in [0.15, 0.2) is 40.8 Å². The summed E-state index contributed by atoms with van der Waals surface area (Å²) in [4.78, 5) is 4.49. The van der Waals surface area contributed by atoms with E-state index in [-0.39, 0.29) is 0 Å². The molecule has 2 aromatic carbocycles. The van der Waals surface area contributed by atoms with Crippen molar-refractivity contribution in [1.82, 2.24) is 4.98 Å². The van der Waals surface area contributed by atoms with E-state index in [1.165, 1.54) is 0 Å². The SMILES string of the molecule is COc1ccc(N)cc1-c1nc2cc(C)ccc2o1. The van der Waals surface area contributed by atoms with Gasteiger partial charge in [0.15, 0.2) is 5.58 Å². The Bertz CT molecular complexity index is 747. The van der Waals surface area contributed by atoms with E-state index >= 15 is 0 Å². The lowest BCUT2D eigenvalue weighted by Gasteiger charge is -2.05. The second-order valence-electron chi connectivity index (χ2n) is 4.45. The minimum atomic E-state index is 0.518. The predicted molar refractivity (Wildman–Crippen MR) is 75.1 cm³/mol. The van der Waals surface area contributed by atoms with Gasteiger partial charge < -0.3 is 14.9 Å². The molecule has 3 aromatic rings. The third-order valence-electron chi connectivity index (χ3n) is 3.00. The number of methoxy groups -OCH3 is 1. The second kappa shape index (κ2) is 4.31. The van der Waals surface area contributed by atoms with Crippen LogP contribution >= 0.6 is 0 Å². The van der Waals surface area contributed by atoms with Gasteiger partial charge in [-0.25, -0.2) is 4.98 Å². The summed E-state index contributed by atoms with van der Waals surface area (Å²) in [5, 5.41) is 0. The van der Waals surface area contributed by atoms with Gasteiger partial charge in [0.05, 0.1) is 12.7 Å². The number of anilines is 1. The molecule has 0 aliphatic heterocycles. The first-order chi connectivity index (χ1) is 9.17. The minimum Gasteiger partial charge on any atom is -0.496 e. The van der Waals surface area contributed by atoms with E-state index in [0.29, 0.717) is 17.3 Å². The number of nitrogen functional groups attached to an aromatic ring is 1. The van der Waals surface area contributed by atoms with E-state index in [4.69, 9.17) is 14.9 Å². The van der Waals surface area contributed by atoms with E-state index in [1.54, 1.807) is 19.2 Å². The average molecular weight is 254 g/mol. The molecule has 0 radical (unpaired) electrons. The molecule has 0 bridgehead atoms. The van der Waals surface area contributed by atoms with Crippen LogP contribution in [-0.4, -0.2) is 12.1 Å². The van der Waals surface area contributed by atoms with Crippen LogP contribution in [0.5, 0.6) is 5.75 Å². The van der Waals surface area contributed by atoms with Gasteiger partial charge in [0.1, 0.15) is 11.3 Å². The number of benzene rings is 2. The lowest BCUT2D eigenvalue weighted by molar-refractivity contribution is 0.415. The first kappa shape index (κ1) is 11.6. The lowest BCUT2D eigenvalue weighted by atomic mass is 10.2. The van der Waals surface area contributed by atoms with Crippen LogP contribution in [0.2, 0.25) is 0 Å². The van der Waals surface area contributed by atoms with Crippen molar-refractivity contribution in [2.45, 2.75) is 6.92 Å². The third kappa shape index (κ3) is 2.01. The number of nitrogens with zero attached hydrogens (tertiary/aromatic N) is 1. The molecular formula is C15H14N2O2. The van der Waals surface area contributed by atoms with Gasteiger partial charge in [-0.2, -0.15) is 0 Å². The predicted octanol–water partition coefficient (Wildman–Crippen LogP) is 3.39. The van der Waals surface area contributed by atoms with E-state index in [2.05, 4.69) is 4.98 Å². The maximum Gasteiger partial charge on any atom is 0.231 e. The summed E-state index contributed by atoms with van der Waals surface area (Å²) in [6.07, 6.45) is 0. The van der Waals surface area contributed by atoms with Crippen molar-refractivity contribution in [3.05, 3.63) is 42.0 Å². The van der Waals surface area contributed by atoms with Gasteiger partial charge >= 0.3 is 0 Å².